The number of nitriles is 2. The van der Waals surface area contributed by atoms with Gasteiger partial charge in [0.15, 0.2) is 0 Å². The fourth-order valence-electron chi connectivity index (χ4n) is 0.824. The summed E-state index contributed by atoms with van der Waals surface area (Å²) in [5, 5.41) is 17.2. The molecule has 1 aromatic carbocycles. The maximum atomic E-state index is 8.60. The summed E-state index contributed by atoms with van der Waals surface area (Å²) in [5.74, 6) is 2.39. The Morgan fingerprint density at radius 1 is 1.08 bits per heavy atom. The Kier molecular flexibility index (Phi) is 2.12. The van der Waals surface area contributed by atoms with Crippen LogP contribution in [-0.4, -0.2) is 0 Å². The van der Waals surface area contributed by atoms with Gasteiger partial charge in [0, 0.05) is 5.56 Å². The van der Waals surface area contributed by atoms with E-state index in [2.05, 4.69) is 5.92 Å². The predicted octanol–water partition coefficient (Wildman–Crippen LogP) is 1.41. The molecule has 0 saturated carbocycles. The molecule has 0 saturated heterocycles. The van der Waals surface area contributed by atoms with E-state index in [1.807, 2.05) is 12.1 Å². The molecule has 0 unspecified atom stereocenters. The molecule has 0 atom stereocenters. The van der Waals surface area contributed by atoms with Gasteiger partial charge in [-0.15, -0.1) is 6.42 Å². The number of nitrogens with zero attached hydrogens (tertiary/aromatic N) is 2. The van der Waals surface area contributed by atoms with Crippen LogP contribution in [0.15, 0.2) is 18.2 Å². The zero-order chi connectivity index (χ0) is 8.97. The summed E-state index contributed by atoms with van der Waals surface area (Å²) in [6.45, 7) is 0. The molecule has 1 rings (SSSR count). The molecule has 2 heteroatoms. The van der Waals surface area contributed by atoms with E-state index in [-0.39, 0.29) is 0 Å². The van der Waals surface area contributed by atoms with Crippen LogP contribution in [0.3, 0.4) is 0 Å². The quantitative estimate of drug-likeness (QED) is 0.527. The summed E-state index contributed by atoms with van der Waals surface area (Å²) in [7, 11) is 0. The van der Waals surface area contributed by atoms with Crippen LogP contribution in [0.2, 0.25) is 0 Å². The lowest BCUT2D eigenvalue weighted by Gasteiger charge is -1.93. The van der Waals surface area contributed by atoms with Crippen LogP contribution >= 0.6 is 0 Å². The molecule has 12 heavy (non-hydrogen) atoms. The fraction of sp³-hybridized carbons (Fsp3) is 0. The Labute approximate surface area is 70.7 Å². The van der Waals surface area contributed by atoms with Crippen molar-refractivity contribution in [2.45, 2.75) is 0 Å². The van der Waals surface area contributed by atoms with E-state index in [4.69, 9.17) is 16.9 Å². The third-order valence-corrected chi connectivity index (χ3v) is 1.43. The predicted molar refractivity (Wildman–Crippen MR) is 43.8 cm³/mol. The van der Waals surface area contributed by atoms with Crippen LogP contribution in [-0.2, 0) is 0 Å². The summed E-state index contributed by atoms with van der Waals surface area (Å²) >= 11 is 0. The van der Waals surface area contributed by atoms with Gasteiger partial charge in [-0.2, -0.15) is 10.5 Å². The van der Waals surface area contributed by atoms with Gasteiger partial charge in [-0.05, 0) is 18.2 Å². The van der Waals surface area contributed by atoms with Gasteiger partial charge in [0.2, 0.25) is 0 Å². The molecule has 2 nitrogen and oxygen atoms in total. The van der Waals surface area contributed by atoms with Gasteiger partial charge in [0.05, 0.1) is 11.1 Å². The van der Waals surface area contributed by atoms with Crippen molar-refractivity contribution in [1.82, 2.24) is 0 Å². The Balaban J connectivity index is 3.37. The number of rotatable bonds is 0. The second-order valence-corrected chi connectivity index (χ2v) is 2.13. The molecule has 0 heterocycles. The van der Waals surface area contributed by atoms with Gasteiger partial charge in [0.25, 0.3) is 0 Å². The molecule has 0 fully saturated rings. The molecular weight excluding hydrogens is 148 g/mol. The molecule has 0 bridgehead atoms. The Morgan fingerprint density at radius 2 is 1.75 bits per heavy atom. The van der Waals surface area contributed by atoms with Gasteiger partial charge in [-0.3, -0.25) is 0 Å². The molecular formula is C10H4N2. The zero-order valence-electron chi connectivity index (χ0n) is 6.20. The van der Waals surface area contributed by atoms with Gasteiger partial charge in [-0.25, -0.2) is 0 Å². The molecule has 54 valence electrons. The normalized spacial score (nSPS) is 7.75. The van der Waals surface area contributed by atoms with E-state index < -0.39 is 0 Å². The Bertz CT molecular complexity index is 425. The van der Waals surface area contributed by atoms with Crippen LogP contribution in [0.5, 0.6) is 0 Å². The van der Waals surface area contributed by atoms with Crippen LogP contribution in [0, 0.1) is 35.0 Å². The van der Waals surface area contributed by atoms with Crippen molar-refractivity contribution in [3.63, 3.8) is 0 Å². The summed E-state index contributed by atoms with van der Waals surface area (Å²) in [4.78, 5) is 0. The van der Waals surface area contributed by atoms with Crippen molar-refractivity contribution in [2.75, 3.05) is 0 Å². The maximum Gasteiger partial charge on any atom is 0.101 e. The van der Waals surface area contributed by atoms with Gasteiger partial charge < -0.3 is 0 Å². The molecule has 0 aromatic heterocycles. The standard InChI is InChI=1S/C10H4N2/c1-2-8-3-4-9(6-11)10(5-8)7-12/h1,3-5H. The lowest BCUT2D eigenvalue weighted by Crippen LogP contribution is -1.84. The summed E-state index contributed by atoms with van der Waals surface area (Å²) in [6, 6.07) is 8.52. The van der Waals surface area contributed by atoms with Crippen molar-refractivity contribution in [3.8, 4) is 24.5 Å². The molecule has 0 N–H and O–H groups in total. The smallest absolute Gasteiger partial charge is 0.101 e. The number of hydrogen-bond donors (Lipinski definition) is 0. The van der Waals surface area contributed by atoms with Crippen molar-refractivity contribution in [2.24, 2.45) is 0 Å². The number of terminal acetylenes is 1. The largest absolute Gasteiger partial charge is 0.192 e. The fourth-order valence-corrected chi connectivity index (χ4v) is 0.824. The highest BCUT2D eigenvalue weighted by atomic mass is 14.3. The van der Waals surface area contributed by atoms with Crippen LogP contribution in [0.25, 0.3) is 0 Å². The van der Waals surface area contributed by atoms with Crippen molar-refractivity contribution < 1.29 is 0 Å². The number of benzene rings is 1. The summed E-state index contributed by atoms with van der Waals surface area (Å²) in [6.07, 6.45) is 5.12. The van der Waals surface area contributed by atoms with Crippen molar-refractivity contribution in [1.29, 1.82) is 10.5 Å². The highest BCUT2D eigenvalue weighted by Gasteiger charge is 2.00. The monoisotopic (exact) mass is 152 g/mol. The topological polar surface area (TPSA) is 47.6 Å². The average molecular weight is 152 g/mol. The minimum Gasteiger partial charge on any atom is -0.192 e. The van der Waals surface area contributed by atoms with Crippen molar-refractivity contribution >= 4 is 0 Å². The van der Waals surface area contributed by atoms with Gasteiger partial charge in [-0.1, -0.05) is 5.92 Å². The first-order valence-corrected chi connectivity index (χ1v) is 3.22. The van der Waals surface area contributed by atoms with E-state index in [0.29, 0.717) is 16.7 Å². The SMILES string of the molecule is C#Cc1ccc(C#N)c(C#N)c1. The molecule has 0 aliphatic rings. The van der Waals surface area contributed by atoms with E-state index in [1.165, 1.54) is 6.07 Å². The summed E-state index contributed by atoms with van der Waals surface area (Å²) in [5.41, 5.74) is 1.30. The van der Waals surface area contributed by atoms with Crippen LogP contribution in [0.4, 0.5) is 0 Å². The average Bonchev–Trinajstić information content (AvgIpc) is 2.16. The highest BCUT2D eigenvalue weighted by Crippen LogP contribution is 2.08. The zero-order valence-corrected chi connectivity index (χ0v) is 6.20. The number of hydrogen-bond acceptors (Lipinski definition) is 2. The highest BCUT2D eigenvalue weighted by molar-refractivity contribution is 5.50. The lowest BCUT2D eigenvalue weighted by molar-refractivity contribution is 1.42. The molecule has 0 aliphatic heterocycles. The van der Waals surface area contributed by atoms with E-state index in [1.54, 1.807) is 12.1 Å². The Morgan fingerprint density at radius 3 is 2.25 bits per heavy atom. The van der Waals surface area contributed by atoms with Gasteiger partial charge in [0.1, 0.15) is 12.1 Å². The van der Waals surface area contributed by atoms with Crippen LogP contribution < -0.4 is 0 Å². The van der Waals surface area contributed by atoms with Crippen LogP contribution in [0.1, 0.15) is 16.7 Å². The lowest BCUT2D eigenvalue weighted by atomic mass is 10.1. The third-order valence-electron chi connectivity index (χ3n) is 1.43. The Hall–Kier alpha value is -2.24. The second-order valence-electron chi connectivity index (χ2n) is 2.13. The first kappa shape index (κ1) is 7.86. The third kappa shape index (κ3) is 1.26. The van der Waals surface area contributed by atoms with E-state index in [9.17, 15) is 0 Å². The van der Waals surface area contributed by atoms with E-state index in [0.717, 1.165) is 0 Å². The molecule has 0 spiro atoms. The molecule has 0 radical (unpaired) electrons. The second kappa shape index (κ2) is 3.24. The first-order chi connectivity index (χ1) is 5.81. The van der Waals surface area contributed by atoms with Gasteiger partial charge >= 0.3 is 0 Å². The summed E-state index contributed by atoms with van der Waals surface area (Å²) < 4.78 is 0. The molecule has 0 amide bonds. The minimum absolute atomic E-state index is 0.327. The van der Waals surface area contributed by atoms with E-state index >= 15 is 0 Å². The maximum absolute atomic E-state index is 8.60. The van der Waals surface area contributed by atoms with Crippen molar-refractivity contribution in [3.05, 3.63) is 34.9 Å². The molecule has 1 aromatic rings. The first-order valence-electron chi connectivity index (χ1n) is 3.22. The minimum atomic E-state index is 0.327. The molecule has 0 aliphatic carbocycles.